The van der Waals surface area contributed by atoms with Gasteiger partial charge in [-0.15, -0.1) is 0 Å². The van der Waals surface area contributed by atoms with Crippen LogP contribution in [-0.4, -0.2) is 30.8 Å². The molecule has 0 aromatic carbocycles. The number of amides is 1. The topological polar surface area (TPSA) is 72.5 Å². The number of alkyl carbamates (subject to hydrolysis) is 1. The predicted molar refractivity (Wildman–Crippen MR) is 52.3 cm³/mol. The fourth-order valence-corrected chi connectivity index (χ4v) is 1.56. The Kier molecular flexibility index (Phi) is 3.12. The molecule has 1 rings (SSSR count). The van der Waals surface area contributed by atoms with Gasteiger partial charge in [0.2, 0.25) is 11.6 Å². The number of hydrogen-bond acceptors (Lipinski definition) is 4. The van der Waals surface area contributed by atoms with E-state index in [0.29, 0.717) is 0 Å². The van der Waals surface area contributed by atoms with Crippen molar-refractivity contribution in [2.45, 2.75) is 20.8 Å². The van der Waals surface area contributed by atoms with E-state index in [0.717, 1.165) is 0 Å². The fraction of sp³-hybridized carbons (Fsp3) is 0.700. The Balaban J connectivity index is 2.48. The molecule has 15 heavy (non-hydrogen) atoms. The van der Waals surface area contributed by atoms with Crippen molar-refractivity contribution in [3.63, 3.8) is 0 Å². The summed E-state index contributed by atoms with van der Waals surface area (Å²) in [4.78, 5) is 33.4. The minimum absolute atomic E-state index is 0.150. The average Bonchev–Trinajstić information content (AvgIpc) is 2.24. The maximum atomic E-state index is 11.3. The Morgan fingerprint density at radius 3 is 2.60 bits per heavy atom. The SMILES string of the molecule is CCOC(=O)NCC1(C)C(=O)C(=O)C1C. The minimum atomic E-state index is -0.760. The van der Waals surface area contributed by atoms with Crippen LogP contribution in [0, 0.1) is 11.3 Å². The molecule has 1 saturated carbocycles. The van der Waals surface area contributed by atoms with E-state index >= 15 is 0 Å². The third kappa shape index (κ3) is 1.86. The molecule has 0 aromatic rings. The van der Waals surface area contributed by atoms with Gasteiger partial charge in [0.05, 0.1) is 12.0 Å². The van der Waals surface area contributed by atoms with Crippen LogP contribution in [0.25, 0.3) is 0 Å². The van der Waals surface area contributed by atoms with Crippen LogP contribution in [0.3, 0.4) is 0 Å². The zero-order chi connectivity index (χ0) is 11.6. The van der Waals surface area contributed by atoms with Gasteiger partial charge in [0.15, 0.2) is 0 Å². The molecule has 1 N–H and O–H groups in total. The van der Waals surface area contributed by atoms with Crippen LogP contribution >= 0.6 is 0 Å². The number of carbonyl (C=O) groups excluding carboxylic acids is 3. The lowest BCUT2D eigenvalue weighted by Crippen LogP contribution is -2.60. The molecular formula is C10H15NO4. The monoisotopic (exact) mass is 213 g/mol. The minimum Gasteiger partial charge on any atom is -0.450 e. The van der Waals surface area contributed by atoms with Crippen molar-refractivity contribution >= 4 is 17.7 Å². The number of rotatable bonds is 3. The van der Waals surface area contributed by atoms with E-state index in [4.69, 9.17) is 0 Å². The second kappa shape index (κ2) is 4.00. The molecule has 0 aromatic heterocycles. The van der Waals surface area contributed by atoms with Gasteiger partial charge < -0.3 is 10.1 Å². The highest BCUT2D eigenvalue weighted by atomic mass is 16.5. The number of ether oxygens (including phenoxy) is 1. The first-order chi connectivity index (χ1) is 6.93. The molecule has 0 radical (unpaired) electrons. The van der Waals surface area contributed by atoms with E-state index < -0.39 is 17.3 Å². The van der Waals surface area contributed by atoms with Crippen LogP contribution in [-0.2, 0) is 14.3 Å². The highest BCUT2D eigenvalue weighted by Crippen LogP contribution is 2.39. The third-order valence-corrected chi connectivity index (χ3v) is 2.97. The summed E-state index contributed by atoms with van der Waals surface area (Å²) in [7, 11) is 0. The molecule has 1 aliphatic rings. The normalized spacial score (nSPS) is 29.7. The molecule has 0 aliphatic heterocycles. The summed E-state index contributed by atoms with van der Waals surface area (Å²) in [5, 5.41) is 2.47. The van der Waals surface area contributed by atoms with Crippen molar-refractivity contribution in [1.29, 1.82) is 0 Å². The lowest BCUT2D eigenvalue weighted by Gasteiger charge is -2.41. The van der Waals surface area contributed by atoms with Crippen molar-refractivity contribution in [2.75, 3.05) is 13.2 Å². The Hall–Kier alpha value is -1.39. The van der Waals surface area contributed by atoms with Crippen LogP contribution in [0.1, 0.15) is 20.8 Å². The molecule has 0 spiro atoms. The van der Waals surface area contributed by atoms with Crippen molar-refractivity contribution in [3.8, 4) is 0 Å². The van der Waals surface area contributed by atoms with Crippen molar-refractivity contribution < 1.29 is 19.1 Å². The van der Waals surface area contributed by atoms with E-state index in [1.54, 1.807) is 20.8 Å². The Morgan fingerprint density at radius 2 is 2.13 bits per heavy atom. The second-order valence-corrected chi connectivity index (χ2v) is 3.91. The number of ketones is 2. The summed E-state index contributed by atoms with van der Waals surface area (Å²) in [6.45, 7) is 5.49. The van der Waals surface area contributed by atoms with Crippen LogP contribution in [0.15, 0.2) is 0 Å². The van der Waals surface area contributed by atoms with Gasteiger partial charge in [-0.2, -0.15) is 0 Å². The molecule has 1 fully saturated rings. The van der Waals surface area contributed by atoms with E-state index in [1.807, 2.05) is 0 Å². The standard InChI is InChI=1S/C10H15NO4/c1-4-15-9(14)11-5-10(3)6(2)7(12)8(10)13/h6H,4-5H2,1-3H3,(H,11,14). The quantitative estimate of drug-likeness (QED) is 0.694. The van der Waals surface area contributed by atoms with Gasteiger partial charge in [-0.3, -0.25) is 9.59 Å². The van der Waals surface area contributed by atoms with Gasteiger partial charge in [0, 0.05) is 12.5 Å². The molecule has 1 amide bonds. The van der Waals surface area contributed by atoms with Crippen LogP contribution in [0.2, 0.25) is 0 Å². The maximum Gasteiger partial charge on any atom is 0.407 e. The first-order valence-electron chi connectivity index (χ1n) is 4.92. The van der Waals surface area contributed by atoms with Gasteiger partial charge in [0.1, 0.15) is 0 Å². The fourth-order valence-electron chi connectivity index (χ4n) is 1.56. The molecule has 1 aliphatic carbocycles. The van der Waals surface area contributed by atoms with Crippen LogP contribution in [0.5, 0.6) is 0 Å². The first-order valence-corrected chi connectivity index (χ1v) is 4.92. The van der Waals surface area contributed by atoms with Crippen molar-refractivity contribution in [1.82, 2.24) is 5.32 Å². The average molecular weight is 213 g/mol. The first kappa shape index (κ1) is 11.7. The van der Waals surface area contributed by atoms with E-state index in [1.165, 1.54) is 0 Å². The molecule has 5 nitrogen and oxygen atoms in total. The van der Waals surface area contributed by atoms with E-state index in [9.17, 15) is 14.4 Å². The molecule has 0 bridgehead atoms. The van der Waals surface area contributed by atoms with Crippen molar-refractivity contribution in [3.05, 3.63) is 0 Å². The zero-order valence-electron chi connectivity index (χ0n) is 9.12. The van der Waals surface area contributed by atoms with E-state index in [2.05, 4.69) is 10.1 Å². The summed E-state index contributed by atoms with van der Waals surface area (Å²) in [5.41, 5.74) is -0.760. The molecule has 0 saturated heterocycles. The van der Waals surface area contributed by atoms with Crippen LogP contribution < -0.4 is 5.32 Å². The largest absolute Gasteiger partial charge is 0.450 e. The lowest BCUT2D eigenvalue weighted by molar-refractivity contribution is -0.159. The Morgan fingerprint density at radius 1 is 1.53 bits per heavy atom. The Bertz CT molecular complexity index is 313. The number of hydrogen-bond donors (Lipinski definition) is 1. The van der Waals surface area contributed by atoms with E-state index in [-0.39, 0.29) is 24.9 Å². The summed E-state index contributed by atoms with van der Waals surface area (Å²) < 4.78 is 4.66. The highest BCUT2D eigenvalue weighted by Gasteiger charge is 2.56. The summed E-state index contributed by atoms with van der Waals surface area (Å²) >= 11 is 0. The van der Waals surface area contributed by atoms with Gasteiger partial charge >= 0.3 is 6.09 Å². The summed E-state index contributed by atoms with van der Waals surface area (Å²) in [6.07, 6.45) is -0.557. The summed E-state index contributed by atoms with van der Waals surface area (Å²) in [5.74, 6) is -1.10. The predicted octanol–water partition coefficient (Wildman–Crippen LogP) is 0.527. The summed E-state index contributed by atoms with van der Waals surface area (Å²) in [6, 6.07) is 0. The maximum absolute atomic E-state index is 11.3. The number of carbonyl (C=O) groups is 3. The molecule has 2 atom stereocenters. The van der Waals surface area contributed by atoms with Gasteiger partial charge in [-0.05, 0) is 13.8 Å². The van der Waals surface area contributed by atoms with Gasteiger partial charge in [-0.25, -0.2) is 4.79 Å². The number of Topliss-reactive ketones (excluding diaryl/α,β-unsaturated/α-hetero) is 2. The second-order valence-electron chi connectivity index (χ2n) is 3.91. The smallest absolute Gasteiger partial charge is 0.407 e. The lowest BCUT2D eigenvalue weighted by atomic mass is 9.60. The van der Waals surface area contributed by atoms with Crippen LogP contribution in [0.4, 0.5) is 4.79 Å². The third-order valence-electron chi connectivity index (χ3n) is 2.97. The molecule has 0 heterocycles. The number of nitrogens with one attached hydrogen (secondary N) is 1. The Labute approximate surface area is 88.2 Å². The molecule has 84 valence electrons. The zero-order valence-corrected chi connectivity index (χ0v) is 9.12. The molecular weight excluding hydrogens is 198 g/mol. The molecule has 5 heteroatoms. The van der Waals surface area contributed by atoms with Gasteiger partial charge in [-0.1, -0.05) is 6.92 Å². The highest BCUT2D eigenvalue weighted by molar-refractivity contribution is 6.47. The van der Waals surface area contributed by atoms with Crippen molar-refractivity contribution in [2.24, 2.45) is 11.3 Å². The molecule has 2 unspecified atom stereocenters. The van der Waals surface area contributed by atoms with Gasteiger partial charge in [0.25, 0.3) is 0 Å².